The van der Waals surface area contributed by atoms with Crippen LogP contribution in [0.25, 0.3) is 0 Å². The maximum Gasteiger partial charge on any atom is 0.237 e. The molecule has 0 bridgehead atoms. The van der Waals surface area contributed by atoms with Crippen LogP contribution >= 0.6 is 0 Å². The second-order valence-electron chi connectivity index (χ2n) is 5.53. The Morgan fingerprint density at radius 3 is 2.25 bits per heavy atom. The molecule has 0 radical (unpaired) electrons. The fourth-order valence-corrected chi connectivity index (χ4v) is 1.26. The Labute approximate surface area is 99.0 Å². The Morgan fingerprint density at radius 2 is 1.88 bits per heavy atom. The van der Waals surface area contributed by atoms with Crippen LogP contribution in [0, 0.1) is 0 Å². The standard InChI is InChI=1S/C12H26N2O2/c1-9(15)7-8-14(6)10(2)11(16)13-12(3,4)5/h9-10,15H,7-8H2,1-6H3,(H,13,16). The highest BCUT2D eigenvalue weighted by molar-refractivity contribution is 5.81. The van der Waals surface area contributed by atoms with Crippen molar-refractivity contribution in [3.63, 3.8) is 0 Å². The van der Waals surface area contributed by atoms with Crippen molar-refractivity contribution in [1.29, 1.82) is 0 Å². The van der Waals surface area contributed by atoms with Crippen LogP contribution in [-0.2, 0) is 4.79 Å². The Hall–Kier alpha value is -0.610. The van der Waals surface area contributed by atoms with Crippen molar-refractivity contribution < 1.29 is 9.90 Å². The van der Waals surface area contributed by atoms with Crippen molar-refractivity contribution in [2.24, 2.45) is 0 Å². The van der Waals surface area contributed by atoms with Gasteiger partial charge in [0.15, 0.2) is 0 Å². The van der Waals surface area contributed by atoms with Crippen LogP contribution < -0.4 is 5.32 Å². The van der Waals surface area contributed by atoms with Gasteiger partial charge in [-0.05, 0) is 48.1 Å². The smallest absolute Gasteiger partial charge is 0.237 e. The number of carbonyl (C=O) groups is 1. The van der Waals surface area contributed by atoms with E-state index in [0.717, 1.165) is 6.54 Å². The van der Waals surface area contributed by atoms with Crippen LogP contribution in [0.2, 0.25) is 0 Å². The summed E-state index contributed by atoms with van der Waals surface area (Å²) in [6.45, 7) is 10.3. The number of hydrogen-bond donors (Lipinski definition) is 2. The van der Waals surface area contributed by atoms with E-state index in [1.807, 2.05) is 39.6 Å². The third-order valence-electron chi connectivity index (χ3n) is 2.44. The predicted octanol–water partition coefficient (Wildman–Crippen LogP) is 0.992. The summed E-state index contributed by atoms with van der Waals surface area (Å²) in [5, 5.41) is 12.1. The topological polar surface area (TPSA) is 52.6 Å². The zero-order valence-electron chi connectivity index (χ0n) is 11.4. The Bertz CT molecular complexity index is 222. The van der Waals surface area contributed by atoms with Crippen molar-refractivity contribution in [3.05, 3.63) is 0 Å². The summed E-state index contributed by atoms with van der Waals surface area (Å²) in [5.74, 6) is 0.0283. The highest BCUT2D eigenvalue weighted by Crippen LogP contribution is 2.04. The van der Waals surface area contributed by atoms with Crippen LogP contribution in [0.1, 0.15) is 41.0 Å². The molecule has 0 spiro atoms. The minimum Gasteiger partial charge on any atom is -0.393 e. The molecule has 2 unspecified atom stereocenters. The summed E-state index contributed by atoms with van der Waals surface area (Å²) in [5.41, 5.74) is -0.198. The highest BCUT2D eigenvalue weighted by Gasteiger charge is 2.22. The molecule has 0 rings (SSSR count). The van der Waals surface area contributed by atoms with Gasteiger partial charge in [0.1, 0.15) is 0 Å². The lowest BCUT2D eigenvalue weighted by atomic mass is 10.1. The Kier molecular flexibility index (Phi) is 5.97. The second kappa shape index (κ2) is 6.21. The normalized spacial score (nSPS) is 16.0. The molecule has 2 N–H and O–H groups in total. The van der Waals surface area contributed by atoms with Gasteiger partial charge >= 0.3 is 0 Å². The van der Waals surface area contributed by atoms with E-state index < -0.39 is 0 Å². The summed E-state index contributed by atoms with van der Waals surface area (Å²) in [4.78, 5) is 13.8. The first-order valence-corrected chi connectivity index (χ1v) is 5.84. The van der Waals surface area contributed by atoms with Crippen molar-refractivity contribution in [2.45, 2.75) is 58.7 Å². The molecule has 0 aliphatic carbocycles. The monoisotopic (exact) mass is 230 g/mol. The zero-order valence-corrected chi connectivity index (χ0v) is 11.4. The molecule has 96 valence electrons. The lowest BCUT2D eigenvalue weighted by Crippen LogP contribution is -2.50. The molecule has 4 nitrogen and oxygen atoms in total. The van der Waals surface area contributed by atoms with E-state index in [-0.39, 0.29) is 23.6 Å². The summed E-state index contributed by atoms with van der Waals surface area (Å²) >= 11 is 0. The molecule has 1 amide bonds. The van der Waals surface area contributed by atoms with Gasteiger partial charge in [-0.1, -0.05) is 0 Å². The molecular formula is C12H26N2O2. The molecule has 4 heteroatoms. The largest absolute Gasteiger partial charge is 0.393 e. The highest BCUT2D eigenvalue weighted by atomic mass is 16.3. The van der Waals surface area contributed by atoms with E-state index in [1.165, 1.54) is 0 Å². The third kappa shape index (κ3) is 6.80. The average Bonchev–Trinajstić information content (AvgIpc) is 2.10. The number of amides is 1. The summed E-state index contributed by atoms with van der Waals surface area (Å²) < 4.78 is 0. The third-order valence-corrected chi connectivity index (χ3v) is 2.44. The van der Waals surface area contributed by atoms with Crippen molar-refractivity contribution in [1.82, 2.24) is 10.2 Å². The SMILES string of the molecule is CC(O)CCN(C)C(C)C(=O)NC(C)(C)C. The molecule has 0 aromatic rings. The maximum absolute atomic E-state index is 11.8. The number of nitrogens with one attached hydrogen (secondary N) is 1. The van der Waals surface area contributed by atoms with Crippen molar-refractivity contribution in [2.75, 3.05) is 13.6 Å². The summed E-state index contributed by atoms with van der Waals surface area (Å²) in [6, 6.07) is -0.169. The minimum atomic E-state index is -0.319. The molecule has 16 heavy (non-hydrogen) atoms. The van der Waals surface area contributed by atoms with Gasteiger partial charge in [0.25, 0.3) is 0 Å². The summed E-state index contributed by atoms with van der Waals surface area (Å²) in [7, 11) is 1.90. The maximum atomic E-state index is 11.8. The molecule has 2 atom stereocenters. The van der Waals surface area contributed by atoms with E-state index in [1.54, 1.807) is 6.92 Å². The first-order valence-electron chi connectivity index (χ1n) is 5.84. The molecule has 0 saturated carbocycles. The fraction of sp³-hybridized carbons (Fsp3) is 0.917. The lowest BCUT2D eigenvalue weighted by Gasteiger charge is -2.28. The van der Waals surface area contributed by atoms with Gasteiger partial charge in [0, 0.05) is 12.1 Å². The quantitative estimate of drug-likeness (QED) is 0.740. The number of nitrogens with zero attached hydrogens (tertiary/aromatic N) is 1. The van der Waals surface area contributed by atoms with Gasteiger partial charge in [-0.2, -0.15) is 0 Å². The van der Waals surface area contributed by atoms with Gasteiger partial charge < -0.3 is 10.4 Å². The number of hydrogen-bond acceptors (Lipinski definition) is 3. The van der Waals surface area contributed by atoms with Crippen LogP contribution in [-0.4, -0.2) is 47.2 Å². The molecule has 0 fully saturated rings. The van der Waals surface area contributed by atoms with E-state index in [9.17, 15) is 9.90 Å². The van der Waals surface area contributed by atoms with Gasteiger partial charge in [0.2, 0.25) is 5.91 Å². The molecular weight excluding hydrogens is 204 g/mol. The Morgan fingerprint density at radius 1 is 1.38 bits per heavy atom. The number of aliphatic hydroxyl groups excluding tert-OH is 1. The molecule has 0 saturated heterocycles. The van der Waals surface area contributed by atoms with Gasteiger partial charge in [-0.3, -0.25) is 9.69 Å². The van der Waals surface area contributed by atoms with E-state index >= 15 is 0 Å². The van der Waals surface area contributed by atoms with Gasteiger partial charge in [-0.15, -0.1) is 0 Å². The zero-order chi connectivity index (χ0) is 12.9. The summed E-state index contributed by atoms with van der Waals surface area (Å²) in [6.07, 6.45) is 0.365. The van der Waals surface area contributed by atoms with Gasteiger partial charge in [-0.25, -0.2) is 0 Å². The predicted molar refractivity (Wildman–Crippen MR) is 66.3 cm³/mol. The molecule has 0 aromatic heterocycles. The van der Waals surface area contributed by atoms with E-state index in [4.69, 9.17) is 0 Å². The number of aliphatic hydroxyl groups is 1. The van der Waals surface area contributed by atoms with Crippen molar-refractivity contribution >= 4 is 5.91 Å². The number of carbonyl (C=O) groups excluding carboxylic acids is 1. The number of likely N-dealkylation sites (N-methyl/N-ethyl adjacent to an activating group) is 1. The molecule has 0 aliphatic rings. The van der Waals surface area contributed by atoms with Crippen LogP contribution in [0.3, 0.4) is 0 Å². The second-order valence-corrected chi connectivity index (χ2v) is 5.53. The lowest BCUT2D eigenvalue weighted by molar-refractivity contribution is -0.127. The number of rotatable bonds is 5. The van der Waals surface area contributed by atoms with Gasteiger partial charge in [0.05, 0.1) is 12.1 Å². The fourth-order valence-electron chi connectivity index (χ4n) is 1.26. The first kappa shape index (κ1) is 15.4. The first-order chi connectivity index (χ1) is 7.13. The van der Waals surface area contributed by atoms with E-state index in [0.29, 0.717) is 6.42 Å². The molecule has 0 aromatic carbocycles. The van der Waals surface area contributed by atoms with Crippen molar-refractivity contribution in [3.8, 4) is 0 Å². The van der Waals surface area contributed by atoms with Crippen LogP contribution in [0.4, 0.5) is 0 Å². The van der Waals surface area contributed by atoms with Crippen LogP contribution in [0.15, 0.2) is 0 Å². The average molecular weight is 230 g/mol. The Balaban J connectivity index is 4.12. The molecule has 0 aliphatic heterocycles. The van der Waals surface area contributed by atoms with Crippen LogP contribution in [0.5, 0.6) is 0 Å². The minimum absolute atomic E-state index is 0.0283. The molecule has 0 heterocycles. The van der Waals surface area contributed by atoms with E-state index in [2.05, 4.69) is 5.32 Å².